The third-order valence-corrected chi connectivity index (χ3v) is 7.02. The number of ketones is 1. The number of ether oxygens (including phenoxy) is 2. The van der Waals surface area contributed by atoms with Gasteiger partial charge in [-0.1, -0.05) is 48.5 Å². The maximum absolute atomic E-state index is 13.1. The molecule has 0 saturated heterocycles. The molecule has 3 aromatic rings. The molecule has 3 rings (SSSR count). The molecule has 0 aromatic heterocycles. The molecule has 3 N–H and O–H groups in total. The van der Waals surface area contributed by atoms with Crippen molar-refractivity contribution in [2.24, 2.45) is 5.73 Å². The van der Waals surface area contributed by atoms with Crippen LogP contribution >= 0.6 is 0 Å². The quantitative estimate of drug-likeness (QED) is 0.290. The van der Waals surface area contributed by atoms with Crippen molar-refractivity contribution in [3.8, 4) is 11.5 Å². The van der Waals surface area contributed by atoms with Crippen molar-refractivity contribution in [1.82, 2.24) is 0 Å². The Balaban J connectivity index is 1.82. The highest BCUT2D eigenvalue weighted by atomic mass is 32.2. The molecular weight excluding hydrogens is 533 g/mol. The van der Waals surface area contributed by atoms with Gasteiger partial charge in [0.2, 0.25) is 9.84 Å². The summed E-state index contributed by atoms with van der Waals surface area (Å²) >= 11 is 0. The first kappa shape index (κ1) is 29.6. The van der Waals surface area contributed by atoms with E-state index in [-0.39, 0.29) is 41.5 Å². The Labute approximate surface area is 224 Å². The fourth-order valence-electron chi connectivity index (χ4n) is 3.80. The second kappa shape index (κ2) is 12.7. The summed E-state index contributed by atoms with van der Waals surface area (Å²) in [6.07, 6.45) is -3.80. The Morgan fingerprint density at radius 1 is 1.05 bits per heavy atom. The van der Waals surface area contributed by atoms with Crippen molar-refractivity contribution in [3.63, 3.8) is 0 Å². The molecular formula is C28H27F3N2O5S. The summed E-state index contributed by atoms with van der Waals surface area (Å²) in [5.74, 6) is -1.57. The summed E-state index contributed by atoms with van der Waals surface area (Å²) in [6, 6.07) is 18.0. The average Bonchev–Trinajstić information content (AvgIpc) is 2.88. The predicted molar refractivity (Wildman–Crippen MR) is 142 cm³/mol. The summed E-state index contributed by atoms with van der Waals surface area (Å²) in [4.78, 5) is 12.8. The zero-order valence-electron chi connectivity index (χ0n) is 20.9. The van der Waals surface area contributed by atoms with Gasteiger partial charge < -0.3 is 20.6 Å². The number of benzene rings is 3. The van der Waals surface area contributed by atoms with Crippen molar-refractivity contribution in [3.05, 3.63) is 94.9 Å². The van der Waals surface area contributed by atoms with Crippen LogP contribution in [0.1, 0.15) is 29.5 Å². The number of hydrogen-bond acceptors (Lipinski definition) is 7. The Morgan fingerprint density at radius 2 is 1.77 bits per heavy atom. The first-order chi connectivity index (χ1) is 18.4. The van der Waals surface area contributed by atoms with E-state index < -0.39 is 33.7 Å². The van der Waals surface area contributed by atoms with Crippen LogP contribution in [-0.4, -0.2) is 39.4 Å². The topological polar surface area (TPSA) is 120 Å². The average molecular weight is 561 g/mol. The lowest BCUT2D eigenvalue weighted by Crippen LogP contribution is -2.28. The molecule has 7 nitrogen and oxygen atoms in total. The van der Waals surface area contributed by atoms with Crippen molar-refractivity contribution in [1.29, 1.82) is 5.41 Å². The van der Waals surface area contributed by atoms with E-state index in [1.807, 2.05) is 6.07 Å². The molecule has 0 spiro atoms. The van der Waals surface area contributed by atoms with Gasteiger partial charge in [-0.15, -0.1) is 13.2 Å². The molecule has 0 aliphatic carbocycles. The van der Waals surface area contributed by atoms with Crippen LogP contribution in [0.5, 0.6) is 11.5 Å². The summed E-state index contributed by atoms with van der Waals surface area (Å²) in [5, 5.41) is 9.20. The molecule has 0 aliphatic heterocycles. The van der Waals surface area contributed by atoms with E-state index in [9.17, 15) is 26.4 Å². The van der Waals surface area contributed by atoms with Crippen molar-refractivity contribution < 1.29 is 35.9 Å². The highest BCUT2D eigenvalue weighted by Gasteiger charge is 2.31. The van der Waals surface area contributed by atoms with E-state index in [0.717, 1.165) is 23.6 Å². The number of sulfone groups is 1. The van der Waals surface area contributed by atoms with Crippen LogP contribution in [0.2, 0.25) is 0 Å². The Morgan fingerprint density at radius 3 is 2.41 bits per heavy atom. The number of nitrogens with two attached hydrogens (primary N) is 1. The van der Waals surface area contributed by atoms with E-state index in [1.165, 1.54) is 30.3 Å². The lowest BCUT2D eigenvalue weighted by molar-refractivity contribution is -0.274. The summed E-state index contributed by atoms with van der Waals surface area (Å²) in [5.41, 5.74) is 6.98. The number of halogens is 3. The molecule has 3 aromatic carbocycles. The number of rotatable bonds is 12. The van der Waals surface area contributed by atoms with Crippen LogP contribution in [0.4, 0.5) is 13.2 Å². The smallest absolute Gasteiger partial charge is 0.492 e. The minimum absolute atomic E-state index is 0.0208. The lowest BCUT2D eigenvalue weighted by atomic mass is 9.90. The van der Waals surface area contributed by atoms with E-state index in [0.29, 0.717) is 11.1 Å². The van der Waals surface area contributed by atoms with Crippen LogP contribution in [0.3, 0.4) is 0 Å². The number of Topliss-reactive ketones (excluding diaryl/α,β-unsaturated/α-hetero) is 1. The van der Waals surface area contributed by atoms with Crippen LogP contribution in [0.15, 0.2) is 83.1 Å². The largest absolute Gasteiger partial charge is 0.573 e. The number of alkyl halides is 3. The molecule has 11 heteroatoms. The molecule has 0 bridgehead atoms. The van der Waals surface area contributed by atoms with Gasteiger partial charge in [-0.3, -0.25) is 4.79 Å². The highest BCUT2D eigenvalue weighted by Crippen LogP contribution is 2.29. The fourth-order valence-corrected chi connectivity index (χ4v) is 4.94. The summed E-state index contributed by atoms with van der Waals surface area (Å²) in [6.45, 7) is 1.85. The molecule has 0 fully saturated rings. The van der Waals surface area contributed by atoms with E-state index in [4.69, 9.17) is 15.9 Å². The monoisotopic (exact) mass is 560 g/mol. The number of nitrogens with one attached hydrogen (secondary N) is 1. The molecule has 0 amide bonds. The van der Waals surface area contributed by atoms with Gasteiger partial charge in [-0.05, 0) is 54.0 Å². The molecule has 1 atom stereocenters. The second-order valence-corrected chi connectivity index (χ2v) is 10.2. The number of carbonyl (C=O) groups is 1. The zero-order chi connectivity index (χ0) is 28.6. The fraction of sp³-hybridized carbons (Fsp3) is 0.214. The van der Waals surface area contributed by atoms with Gasteiger partial charge in [0.05, 0.1) is 18.2 Å². The lowest BCUT2D eigenvalue weighted by Gasteiger charge is -2.15. The number of hydrogen-bond donors (Lipinski definition) is 2. The van der Waals surface area contributed by atoms with Crippen molar-refractivity contribution in [2.75, 3.05) is 13.2 Å². The van der Waals surface area contributed by atoms with Gasteiger partial charge >= 0.3 is 6.36 Å². The van der Waals surface area contributed by atoms with Gasteiger partial charge in [0.15, 0.2) is 5.78 Å². The number of carbonyl (C=O) groups excluding carboxylic acids is 1. The van der Waals surface area contributed by atoms with Gasteiger partial charge in [0.25, 0.3) is 0 Å². The van der Waals surface area contributed by atoms with Crippen molar-refractivity contribution >= 4 is 27.4 Å². The molecule has 0 radical (unpaired) electrons. The molecule has 39 heavy (non-hydrogen) atoms. The first-order valence-electron chi connectivity index (χ1n) is 11.8. The zero-order valence-corrected chi connectivity index (χ0v) is 21.8. The third kappa shape index (κ3) is 8.26. The summed E-state index contributed by atoms with van der Waals surface area (Å²) in [7, 11) is -4.08. The Kier molecular flexibility index (Phi) is 9.66. The van der Waals surface area contributed by atoms with Gasteiger partial charge in [0, 0.05) is 18.4 Å². The minimum Gasteiger partial charge on any atom is -0.492 e. The maximum Gasteiger partial charge on any atom is 0.573 e. The van der Waals surface area contributed by atoms with E-state index >= 15 is 0 Å². The SMILES string of the molecule is CCOc1cc(CC(=N)C(=O)C(CN)c2ccccc2)ccc1S(=O)(=O)/C=C/c1cccc(OC(F)(F)F)c1. The van der Waals surface area contributed by atoms with Crippen LogP contribution in [0.25, 0.3) is 6.08 Å². The van der Waals surface area contributed by atoms with E-state index in [1.54, 1.807) is 31.2 Å². The molecule has 0 heterocycles. The normalized spacial score (nSPS) is 12.7. The van der Waals surface area contributed by atoms with Gasteiger partial charge in [0.1, 0.15) is 16.4 Å². The highest BCUT2D eigenvalue weighted by molar-refractivity contribution is 7.94. The molecule has 1 unspecified atom stereocenters. The predicted octanol–water partition coefficient (Wildman–Crippen LogP) is 5.30. The van der Waals surface area contributed by atoms with Gasteiger partial charge in [-0.25, -0.2) is 8.42 Å². The molecule has 206 valence electrons. The molecule has 0 aliphatic rings. The molecule has 0 saturated carbocycles. The Hall–Kier alpha value is -3.96. The summed E-state index contributed by atoms with van der Waals surface area (Å²) < 4.78 is 73.0. The second-order valence-electron chi connectivity index (χ2n) is 8.40. The first-order valence-corrected chi connectivity index (χ1v) is 13.4. The van der Waals surface area contributed by atoms with Crippen LogP contribution in [-0.2, 0) is 21.1 Å². The Bertz CT molecular complexity index is 1460. The minimum atomic E-state index is -4.88. The standard InChI is InChI=1S/C28H27F3N2O5S/c1-2-37-25-17-20(16-24(33)27(34)23(18-32)21-8-4-3-5-9-21)11-12-26(25)39(35,36)14-13-19-7-6-10-22(15-19)38-28(29,30)31/h3-15,17,23,33H,2,16,18,32H2,1H3/b14-13+,33-24?. The van der Waals surface area contributed by atoms with Crippen LogP contribution in [0, 0.1) is 5.41 Å². The maximum atomic E-state index is 13.1. The van der Waals surface area contributed by atoms with Crippen molar-refractivity contribution in [2.45, 2.75) is 30.5 Å². The third-order valence-electron chi connectivity index (χ3n) is 5.58. The van der Waals surface area contributed by atoms with Gasteiger partial charge in [-0.2, -0.15) is 0 Å². The van der Waals surface area contributed by atoms with Crippen LogP contribution < -0.4 is 15.2 Å². The van der Waals surface area contributed by atoms with E-state index in [2.05, 4.69) is 4.74 Å².